The molecule has 4 fully saturated rings. The Morgan fingerprint density at radius 1 is 1.10 bits per heavy atom. The Kier molecular flexibility index (Phi) is 5.50. The number of nitrogens with zero attached hydrogens (tertiary/aromatic N) is 3. The molecule has 4 aliphatic heterocycles. The minimum atomic E-state index is 0.0209. The Morgan fingerprint density at radius 2 is 1.87 bits per heavy atom. The van der Waals surface area contributed by atoms with E-state index in [1.54, 1.807) is 12.4 Å². The summed E-state index contributed by atoms with van der Waals surface area (Å²) in [4.78, 5) is 34.1. The molecule has 5 heterocycles. The van der Waals surface area contributed by atoms with Crippen molar-refractivity contribution in [3.05, 3.63) is 30.1 Å². The maximum atomic E-state index is 13.3. The van der Waals surface area contributed by atoms with Crippen LogP contribution >= 0.6 is 0 Å². The van der Waals surface area contributed by atoms with E-state index >= 15 is 0 Å². The van der Waals surface area contributed by atoms with Gasteiger partial charge in [0.25, 0.3) is 0 Å². The van der Waals surface area contributed by atoms with Crippen LogP contribution in [0, 0.1) is 17.8 Å². The van der Waals surface area contributed by atoms with Crippen molar-refractivity contribution in [3.8, 4) is 0 Å². The number of rotatable bonds is 4. The van der Waals surface area contributed by atoms with Crippen molar-refractivity contribution >= 4 is 11.8 Å². The number of likely N-dealkylation sites (N-methyl/N-ethyl adjacent to an activating group) is 1. The first kappa shape index (κ1) is 19.9. The average Bonchev–Trinajstić information content (AvgIpc) is 3.41. The molecule has 4 saturated heterocycles. The van der Waals surface area contributed by atoms with E-state index in [1.807, 2.05) is 12.1 Å². The van der Waals surface area contributed by atoms with Gasteiger partial charge in [-0.2, -0.15) is 0 Å². The second-order valence-corrected chi connectivity index (χ2v) is 9.66. The molecule has 7 heteroatoms. The first-order valence-electron chi connectivity index (χ1n) is 11.4. The highest BCUT2D eigenvalue weighted by Crippen LogP contribution is 2.47. The summed E-state index contributed by atoms with van der Waals surface area (Å²) in [7, 11) is 2.05. The number of ether oxygens (including phenoxy) is 1. The lowest BCUT2D eigenvalue weighted by molar-refractivity contribution is -0.135. The van der Waals surface area contributed by atoms with Crippen LogP contribution in [0.15, 0.2) is 24.5 Å². The van der Waals surface area contributed by atoms with Crippen molar-refractivity contribution in [1.29, 1.82) is 0 Å². The molecule has 4 aliphatic rings. The zero-order valence-corrected chi connectivity index (χ0v) is 17.7. The third kappa shape index (κ3) is 3.97. The van der Waals surface area contributed by atoms with E-state index in [0.717, 1.165) is 44.6 Å². The predicted molar refractivity (Wildman–Crippen MR) is 112 cm³/mol. The molecule has 30 heavy (non-hydrogen) atoms. The number of hydrogen-bond acceptors (Lipinski definition) is 5. The van der Waals surface area contributed by atoms with E-state index in [9.17, 15) is 9.59 Å². The van der Waals surface area contributed by atoms with Crippen LogP contribution < -0.4 is 5.32 Å². The number of carbonyl (C=O) groups is 2. The lowest BCUT2D eigenvalue weighted by Crippen LogP contribution is -2.42. The van der Waals surface area contributed by atoms with Gasteiger partial charge in [-0.3, -0.25) is 14.6 Å². The van der Waals surface area contributed by atoms with Crippen molar-refractivity contribution in [2.45, 2.75) is 50.4 Å². The Labute approximate surface area is 178 Å². The molecule has 1 N–H and O–H groups in total. The lowest BCUT2D eigenvalue weighted by Gasteiger charge is -2.26. The van der Waals surface area contributed by atoms with Gasteiger partial charge in [0.05, 0.1) is 24.5 Å². The third-order valence-corrected chi connectivity index (χ3v) is 7.49. The highest BCUT2D eigenvalue weighted by molar-refractivity contribution is 5.80. The van der Waals surface area contributed by atoms with Gasteiger partial charge >= 0.3 is 0 Å². The van der Waals surface area contributed by atoms with Gasteiger partial charge < -0.3 is 19.9 Å². The molecule has 0 radical (unpaired) electrons. The molecule has 0 unspecified atom stereocenters. The smallest absolute Gasteiger partial charge is 0.226 e. The fourth-order valence-corrected chi connectivity index (χ4v) is 6.10. The van der Waals surface area contributed by atoms with Crippen molar-refractivity contribution < 1.29 is 14.3 Å². The van der Waals surface area contributed by atoms with Crippen molar-refractivity contribution in [2.75, 3.05) is 33.2 Å². The lowest BCUT2D eigenvalue weighted by atomic mass is 9.82. The topological polar surface area (TPSA) is 74.8 Å². The second kappa shape index (κ2) is 8.27. The van der Waals surface area contributed by atoms with Crippen LogP contribution in [0.3, 0.4) is 0 Å². The van der Waals surface area contributed by atoms with Crippen LogP contribution in [0.1, 0.15) is 31.2 Å². The molecule has 2 amide bonds. The van der Waals surface area contributed by atoms with Gasteiger partial charge in [0.15, 0.2) is 0 Å². The molecular formula is C23H32N4O3. The number of aromatic nitrogens is 1. The maximum absolute atomic E-state index is 13.3. The predicted octanol–water partition coefficient (Wildman–Crippen LogP) is 1.09. The first-order chi connectivity index (χ1) is 14.6. The summed E-state index contributed by atoms with van der Waals surface area (Å²) in [5.41, 5.74) is 0.919. The highest BCUT2D eigenvalue weighted by atomic mass is 16.5. The van der Waals surface area contributed by atoms with Gasteiger partial charge in [0, 0.05) is 56.5 Å². The first-order valence-corrected chi connectivity index (χ1v) is 11.4. The minimum Gasteiger partial charge on any atom is -0.374 e. The summed E-state index contributed by atoms with van der Waals surface area (Å²) >= 11 is 0. The molecule has 7 nitrogen and oxygen atoms in total. The summed E-state index contributed by atoms with van der Waals surface area (Å²) in [6, 6.07) is 3.85. The summed E-state index contributed by atoms with van der Waals surface area (Å²) in [6.07, 6.45) is 8.56. The zero-order chi connectivity index (χ0) is 20.7. The summed E-state index contributed by atoms with van der Waals surface area (Å²) < 4.78 is 6.05. The molecule has 162 valence electrons. The van der Waals surface area contributed by atoms with Crippen molar-refractivity contribution in [1.82, 2.24) is 20.1 Å². The minimum absolute atomic E-state index is 0.0209. The van der Waals surface area contributed by atoms with Gasteiger partial charge in [-0.25, -0.2) is 0 Å². The van der Waals surface area contributed by atoms with Gasteiger partial charge in [-0.1, -0.05) is 6.07 Å². The monoisotopic (exact) mass is 412 g/mol. The third-order valence-electron chi connectivity index (χ3n) is 7.49. The van der Waals surface area contributed by atoms with Crippen molar-refractivity contribution in [2.24, 2.45) is 17.8 Å². The number of carbonyl (C=O) groups excluding carboxylic acids is 2. The van der Waals surface area contributed by atoms with Crippen LogP contribution in [0.2, 0.25) is 0 Å². The molecular weight excluding hydrogens is 380 g/mol. The van der Waals surface area contributed by atoms with Gasteiger partial charge in [0.2, 0.25) is 11.8 Å². The number of hydrogen-bond donors (Lipinski definition) is 1. The Morgan fingerprint density at radius 3 is 2.57 bits per heavy atom. The van der Waals surface area contributed by atoms with Crippen LogP contribution in [0.25, 0.3) is 0 Å². The fraction of sp³-hybridized carbons (Fsp3) is 0.696. The van der Waals surface area contributed by atoms with E-state index in [4.69, 9.17) is 4.74 Å². The van der Waals surface area contributed by atoms with Gasteiger partial charge in [0.1, 0.15) is 0 Å². The molecule has 0 aromatic carbocycles. The number of amides is 2. The SMILES string of the molecule is CN1C[C@@H](NC(=O)Cc2cccnc2)CC[C@@H](C(=O)N2C[C@@H]3[C@H](C2)[C@H]2CC[C@@H]3O2)C1. The van der Waals surface area contributed by atoms with E-state index in [2.05, 4.69) is 27.1 Å². The normalized spacial score (nSPS) is 35.8. The standard InChI is InChI=1S/C23H32N4O3/c1-26-11-16(23(29)27-13-18-19(14-27)21-7-6-20(18)30-21)4-5-17(12-26)25-22(28)9-15-3-2-8-24-10-15/h2-3,8,10,16-21H,4-7,9,11-14H2,1H3,(H,25,28)/t16-,17+,18-,19+,20+,21-/m1/s1. The van der Waals surface area contributed by atoms with Gasteiger partial charge in [-0.05, 0) is 44.4 Å². The van der Waals surface area contributed by atoms with E-state index < -0.39 is 0 Å². The molecule has 2 bridgehead atoms. The second-order valence-electron chi connectivity index (χ2n) is 9.66. The largest absolute Gasteiger partial charge is 0.374 e. The molecule has 1 aromatic heterocycles. The molecule has 0 saturated carbocycles. The Balaban J connectivity index is 1.15. The quantitative estimate of drug-likeness (QED) is 0.801. The number of pyridine rings is 1. The zero-order valence-electron chi connectivity index (χ0n) is 17.7. The van der Waals surface area contributed by atoms with E-state index in [0.29, 0.717) is 36.4 Å². The average molecular weight is 413 g/mol. The molecule has 6 atom stereocenters. The summed E-state index contributed by atoms with van der Waals surface area (Å²) in [5.74, 6) is 1.45. The van der Waals surface area contributed by atoms with Crippen LogP contribution in [-0.4, -0.2) is 78.1 Å². The van der Waals surface area contributed by atoms with Crippen LogP contribution in [0.5, 0.6) is 0 Å². The summed E-state index contributed by atoms with van der Waals surface area (Å²) in [5, 5.41) is 3.17. The van der Waals surface area contributed by atoms with E-state index in [-0.39, 0.29) is 17.9 Å². The van der Waals surface area contributed by atoms with Gasteiger partial charge in [-0.15, -0.1) is 0 Å². The number of nitrogens with one attached hydrogen (secondary N) is 1. The Hall–Kier alpha value is -1.99. The molecule has 5 rings (SSSR count). The van der Waals surface area contributed by atoms with E-state index in [1.165, 1.54) is 12.8 Å². The fourth-order valence-electron chi connectivity index (χ4n) is 6.10. The highest BCUT2D eigenvalue weighted by Gasteiger charge is 2.54. The number of fused-ring (bicyclic) bond motifs is 5. The Bertz CT molecular complexity index is 770. The number of likely N-dealkylation sites (tertiary alicyclic amines) is 2. The molecule has 1 aromatic rings. The summed E-state index contributed by atoms with van der Waals surface area (Å²) in [6.45, 7) is 3.29. The molecule has 0 aliphatic carbocycles. The van der Waals surface area contributed by atoms with Crippen LogP contribution in [-0.2, 0) is 20.7 Å². The maximum Gasteiger partial charge on any atom is 0.226 e. The molecule has 0 spiro atoms. The van der Waals surface area contributed by atoms with Crippen LogP contribution in [0.4, 0.5) is 0 Å². The van der Waals surface area contributed by atoms with Crippen molar-refractivity contribution in [3.63, 3.8) is 0 Å².